The maximum absolute atomic E-state index is 5.38. The lowest BCUT2D eigenvalue weighted by Crippen LogP contribution is -1.95. The summed E-state index contributed by atoms with van der Waals surface area (Å²) < 4.78 is 0. The van der Waals surface area contributed by atoms with Crippen molar-refractivity contribution in [3.8, 4) is 44.8 Å². The van der Waals surface area contributed by atoms with Crippen molar-refractivity contribution in [1.29, 1.82) is 0 Å². The van der Waals surface area contributed by atoms with E-state index in [9.17, 15) is 0 Å². The second-order valence-corrected chi connectivity index (χ2v) is 12.9. The van der Waals surface area contributed by atoms with Crippen LogP contribution in [0.5, 0.6) is 0 Å². The van der Waals surface area contributed by atoms with Crippen LogP contribution in [0.1, 0.15) is 0 Å². The Morgan fingerprint density at radius 3 is 1.62 bits per heavy atom. The first-order valence-corrected chi connectivity index (χ1v) is 16.9. The van der Waals surface area contributed by atoms with Crippen LogP contribution in [0.15, 0.2) is 176 Å². The van der Waals surface area contributed by atoms with Gasteiger partial charge in [-0.25, -0.2) is 15.0 Å². The maximum atomic E-state index is 5.38. The van der Waals surface area contributed by atoms with Gasteiger partial charge in [0.15, 0.2) is 0 Å². The van der Waals surface area contributed by atoms with Crippen molar-refractivity contribution >= 4 is 54.4 Å². The Morgan fingerprint density at radius 2 is 0.860 bits per heavy atom. The van der Waals surface area contributed by atoms with E-state index in [1.54, 1.807) is 0 Å². The number of benzene rings is 7. The standard InChI is InChI=1S/C47H29N3/c1-3-11-30(12-4-1)37-26-38(31-13-5-2-6-14-31)28-39(27-37)44-40-17-9-10-18-41(40)47-43(49-44)29-36-22-20-33-23-24-42(48-45(33)46(36)50-47)35-21-19-32-15-7-8-16-34(32)25-35/h1-29H. The van der Waals surface area contributed by atoms with Crippen molar-refractivity contribution < 1.29 is 0 Å². The third kappa shape index (κ3) is 4.79. The smallest absolute Gasteiger partial charge is 0.0974 e. The highest BCUT2D eigenvalue weighted by Gasteiger charge is 2.16. The van der Waals surface area contributed by atoms with E-state index in [0.717, 1.165) is 77.3 Å². The second-order valence-electron chi connectivity index (χ2n) is 12.9. The van der Waals surface area contributed by atoms with Gasteiger partial charge >= 0.3 is 0 Å². The normalized spacial score (nSPS) is 11.6. The number of pyridine rings is 3. The molecule has 232 valence electrons. The van der Waals surface area contributed by atoms with E-state index >= 15 is 0 Å². The van der Waals surface area contributed by atoms with Crippen LogP contribution in [-0.4, -0.2) is 15.0 Å². The van der Waals surface area contributed by atoms with Gasteiger partial charge in [-0.05, 0) is 69.4 Å². The molecule has 0 saturated carbocycles. The third-order valence-electron chi connectivity index (χ3n) is 9.76. The summed E-state index contributed by atoms with van der Waals surface area (Å²) >= 11 is 0. The molecular formula is C47H29N3. The molecule has 0 bridgehead atoms. The summed E-state index contributed by atoms with van der Waals surface area (Å²) in [5.74, 6) is 0. The minimum absolute atomic E-state index is 0.864. The van der Waals surface area contributed by atoms with Crippen molar-refractivity contribution in [3.05, 3.63) is 176 Å². The summed E-state index contributed by atoms with van der Waals surface area (Å²) in [5.41, 5.74) is 12.2. The van der Waals surface area contributed by atoms with Gasteiger partial charge in [-0.3, -0.25) is 0 Å². The van der Waals surface area contributed by atoms with Crippen LogP contribution in [0, 0.1) is 0 Å². The fourth-order valence-electron chi connectivity index (χ4n) is 7.26. The minimum atomic E-state index is 0.864. The number of hydrogen-bond acceptors (Lipinski definition) is 3. The van der Waals surface area contributed by atoms with Crippen LogP contribution in [-0.2, 0) is 0 Å². The van der Waals surface area contributed by atoms with Crippen LogP contribution in [0.3, 0.4) is 0 Å². The summed E-state index contributed by atoms with van der Waals surface area (Å²) in [6, 6.07) is 62.2. The molecule has 0 aliphatic heterocycles. The lowest BCUT2D eigenvalue weighted by atomic mass is 9.93. The van der Waals surface area contributed by atoms with Crippen molar-refractivity contribution in [2.45, 2.75) is 0 Å². The highest BCUT2D eigenvalue weighted by Crippen LogP contribution is 2.38. The molecule has 3 heterocycles. The molecule has 0 N–H and O–H groups in total. The molecule has 3 aromatic heterocycles. The van der Waals surface area contributed by atoms with Gasteiger partial charge in [0.1, 0.15) is 0 Å². The average molecular weight is 636 g/mol. The van der Waals surface area contributed by atoms with Crippen molar-refractivity contribution in [3.63, 3.8) is 0 Å². The van der Waals surface area contributed by atoms with Gasteiger partial charge in [0.25, 0.3) is 0 Å². The minimum Gasteiger partial charge on any atom is -0.245 e. The van der Waals surface area contributed by atoms with Gasteiger partial charge in [0, 0.05) is 32.7 Å². The summed E-state index contributed by atoms with van der Waals surface area (Å²) in [4.78, 5) is 16.0. The number of hydrogen-bond donors (Lipinski definition) is 0. The van der Waals surface area contributed by atoms with Crippen LogP contribution < -0.4 is 0 Å². The molecule has 0 atom stereocenters. The Balaban J connectivity index is 1.19. The van der Waals surface area contributed by atoms with Crippen molar-refractivity contribution in [2.24, 2.45) is 0 Å². The Hall–Kier alpha value is -6.71. The van der Waals surface area contributed by atoms with Crippen LogP contribution in [0.4, 0.5) is 0 Å². The first-order chi connectivity index (χ1) is 24.7. The molecule has 0 radical (unpaired) electrons. The zero-order valence-electron chi connectivity index (χ0n) is 27.1. The number of rotatable bonds is 4. The second kappa shape index (κ2) is 11.5. The monoisotopic (exact) mass is 635 g/mol. The van der Waals surface area contributed by atoms with E-state index in [1.807, 2.05) is 0 Å². The summed E-state index contributed by atoms with van der Waals surface area (Å²) in [6.07, 6.45) is 0. The van der Waals surface area contributed by atoms with Crippen LogP contribution in [0.25, 0.3) is 99.2 Å². The Morgan fingerprint density at radius 1 is 0.280 bits per heavy atom. The molecule has 0 aliphatic rings. The van der Waals surface area contributed by atoms with Gasteiger partial charge in [0.2, 0.25) is 0 Å². The topological polar surface area (TPSA) is 38.7 Å². The summed E-state index contributed by atoms with van der Waals surface area (Å²) in [5, 5.41) is 6.65. The number of fused-ring (bicyclic) bond motifs is 7. The van der Waals surface area contributed by atoms with Crippen molar-refractivity contribution in [1.82, 2.24) is 15.0 Å². The van der Waals surface area contributed by atoms with E-state index in [1.165, 1.54) is 21.9 Å². The van der Waals surface area contributed by atoms with E-state index in [4.69, 9.17) is 15.0 Å². The lowest BCUT2D eigenvalue weighted by Gasteiger charge is -2.14. The molecule has 10 aromatic rings. The molecule has 3 nitrogen and oxygen atoms in total. The molecule has 10 rings (SSSR count). The molecule has 3 heteroatoms. The fraction of sp³-hybridized carbons (Fsp3) is 0. The molecule has 7 aromatic carbocycles. The largest absolute Gasteiger partial charge is 0.245 e. The van der Waals surface area contributed by atoms with E-state index in [2.05, 4.69) is 176 Å². The van der Waals surface area contributed by atoms with E-state index in [0.29, 0.717) is 0 Å². The lowest BCUT2D eigenvalue weighted by molar-refractivity contribution is 1.38. The molecule has 0 saturated heterocycles. The molecular weight excluding hydrogens is 607 g/mol. The van der Waals surface area contributed by atoms with Crippen molar-refractivity contribution in [2.75, 3.05) is 0 Å². The predicted octanol–water partition coefficient (Wildman–Crippen LogP) is 12.3. The zero-order chi connectivity index (χ0) is 33.0. The van der Waals surface area contributed by atoms with Gasteiger partial charge in [-0.2, -0.15) is 0 Å². The summed E-state index contributed by atoms with van der Waals surface area (Å²) in [7, 11) is 0. The Kier molecular flexibility index (Phi) is 6.49. The fourth-order valence-corrected chi connectivity index (χ4v) is 7.26. The van der Waals surface area contributed by atoms with Gasteiger partial charge in [0.05, 0.1) is 33.5 Å². The van der Waals surface area contributed by atoms with E-state index in [-0.39, 0.29) is 0 Å². The van der Waals surface area contributed by atoms with Crippen LogP contribution >= 0.6 is 0 Å². The van der Waals surface area contributed by atoms with Crippen LogP contribution in [0.2, 0.25) is 0 Å². The molecule has 50 heavy (non-hydrogen) atoms. The first kappa shape index (κ1) is 28.3. The van der Waals surface area contributed by atoms with Gasteiger partial charge in [-0.15, -0.1) is 0 Å². The molecule has 0 amide bonds. The average Bonchev–Trinajstić information content (AvgIpc) is 3.20. The Bertz CT molecular complexity index is 2860. The van der Waals surface area contributed by atoms with E-state index < -0.39 is 0 Å². The number of aromatic nitrogens is 3. The number of nitrogens with zero attached hydrogens (tertiary/aromatic N) is 3. The molecule has 0 aliphatic carbocycles. The highest BCUT2D eigenvalue weighted by atomic mass is 14.8. The predicted molar refractivity (Wildman–Crippen MR) is 209 cm³/mol. The Labute approximate surface area is 289 Å². The van der Waals surface area contributed by atoms with Gasteiger partial charge in [-0.1, -0.05) is 140 Å². The third-order valence-corrected chi connectivity index (χ3v) is 9.76. The maximum Gasteiger partial charge on any atom is 0.0974 e. The molecule has 0 fully saturated rings. The SMILES string of the molecule is c1ccc(-c2cc(-c3ccccc3)cc(-c3nc4cc5ccc6ccc(-c7ccc8ccccc8c7)nc6c5nc4c4ccccc34)c2)cc1. The summed E-state index contributed by atoms with van der Waals surface area (Å²) in [6.45, 7) is 0. The van der Waals surface area contributed by atoms with Gasteiger partial charge < -0.3 is 0 Å². The first-order valence-electron chi connectivity index (χ1n) is 16.9. The highest BCUT2D eigenvalue weighted by molar-refractivity contribution is 6.14. The quantitative estimate of drug-likeness (QED) is 0.143. The molecule has 0 spiro atoms. The zero-order valence-corrected chi connectivity index (χ0v) is 27.1. The molecule has 0 unspecified atom stereocenters.